The van der Waals surface area contributed by atoms with Gasteiger partial charge in [0.15, 0.2) is 0 Å². The predicted octanol–water partition coefficient (Wildman–Crippen LogP) is 4.08. The summed E-state index contributed by atoms with van der Waals surface area (Å²) in [7, 11) is 0. The fourth-order valence-electron chi connectivity index (χ4n) is 2.79. The van der Waals surface area contributed by atoms with Crippen molar-refractivity contribution in [2.45, 2.75) is 26.4 Å². The van der Waals surface area contributed by atoms with E-state index in [0.717, 1.165) is 17.4 Å². The molecule has 9 heteroatoms. The molecule has 142 valence electrons. The van der Waals surface area contributed by atoms with E-state index >= 15 is 0 Å². The first kappa shape index (κ1) is 19.1. The molecule has 2 aromatic heterocycles. The second kappa shape index (κ2) is 7.15. The second-order valence-corrected chi connectivity index (χ2v) is 6.80. The molecule has 3 rings (SSSR count). The van der Waals surface area contributed by atoms with Crippen LogP contribution in [0.1, 0.15) is 39.1 Å². The molecular formula is C18H15F3N2O3S. The normalized spacial score (nSPS) is 11.7. The highest BCUT2D eigenvalue weighted by atomic mass is 32.1. The highest BCUT2D eigenvalue weighted by molar-refractivity contribution is 7.20. The molecule has 3 aromatic rings. The fourth-order valence-corrected chi connectivity index (χ4v) is 3.89. The van der Waals surface area contributed by atoms with E-state index in [1.807, 2.05) is 0 Å². The van der Waals surface area contributed by atoms with Crippen LogP contribution in [-0.4, -0.2) is 22.5 Å². The smallest absolute Gasteiger partial charge is 0.416 e. The first-order valence-electron chi connectivity index (χ1n) is 8.07. The van der Waals surface area contributed by atoms with Crippen LogP contribution in [0.4, 0.5) is 13.2 Å². The Morgan fingerprint density at radius 2 is 2.00 bits per heavy atom. The number of carbonyl (C=O) groups excluding carboxylic acids is 1. The molecule has 0 atom stereocenters. The van der Waals surface area contributed by atoms with Crippen molar-refractivity contribution in [1.29, 1.82) is 0 Å². The van der Waals surface area contributed by atoms with Crippen LogP contribution in [0.15, 0.2) is 29.1 Å². The molecule has 0 aliphatic heterocycles. The number of H-pyrrole nitrogens is 1. The predicted molar refractivity (Wildman–Crippen MR) is 95.2 cm³/mol. The van der Waals surface area contributed by atoms with Crippen molar-refractivity contribution in [2.24, 2.45) is 0 Å². The molecule has 0 fully saturated rings. The van der Waals surface area contributed by atoms with Crippen molar-refractivity contribution in [1.82, 2.24) is 9.97 Å². The summed E-state index contributed by atoms with van der Waals surface area (Å²) in [4.78, 5) is 31.8. The SMILES string of the molecule is CCOC(=O)c1sc2nc(Cc3ccccc3C(F)(F)F)[nH]c(=O)c2c1C. The van der Waals surface area contributed by atoms with Gasteiger partial charge in [0.05, 0.1) is 17.6 Å². The number of ether oxygens (including phenoxy) is 1. The summed E-state index contributed by atoms with van der Waals surface area (Å²) >= 11 is 0.993. The van der Waals surface area contributed by atoms with E-state index < -0.39 is 23.3 Å². The molecule has 27 heavy (non-hydrogen) atoms. The summed E-state index contributed by atoms with van der Waals surface area (Å²) in [5, 5.41) is 0.246. The van der Waals surface area contributed by atoms with Gasteiger partial charge in [0, 0.05) is 6.42 Å². The number of benzene rings is 1. The number of hydrogen-bond acceptors (Lipinski definition) is 5. The number of aromatic nitrogens is 2. The molecule has 0 radical (unpaired) electrons. The van der Waals surface area contributed by atoms with Crippen molar-refractivity contribution in [2.75, 3.05) is 6.61 Å². The molecule has 2 heterocycles. The summed E-state index contributed by atoms with van der Waals surface area (Å²) in [6.45, 7) is 3.47. The quantitative estimate of drug-likeness (QED) is 0.675. The molecule has 1 N–H and O–H groups in total. The summed E-state index contributed by atoms with van der Waals surface area (Å²) in [5.74, 6) is -0.456. The van der Waals surface area contributed by atoms with Gasteiger partial charge in [-0.3, -0.25) is 4.79 Å². The lowest BCUT2D eigenvalue weighted by Crippen LogP contribution is -2.14. The summed E-state index contributed by atoms with van der Waals surface area (Å²) in [6, 6.07) is 5.13. The van der Waals surface area contributed by atoms with Crippen molar-refractivity contribution in [3.05, 3.63) is 62.0 Å². The van der Waals surface area contributed by atoms with Gasteiger partial charge in [-0.25, -0.2) is 9.78 Å². The molecular weight excluding hydrogens is 381 g/mol. The Hall–Kier alpha value is -2.68. The van der Waals surface area contributed by atoms with Crippen molar-refractivity contribution < 1.29 is 22.7 Å². The van der Waals surface area contributed by atoms with Crippen molar-refractivity contribution >= 4 is 27.5 Å². The molecule has 0 saturated carbocycles. The van der Waals surface area contributed by atoms with E-state index in [4.69, 9.17) is 4.74 Å². The topological polar surface area (TPSA) is 72.0 Å². The average Bonchev–Trinajstić information content (AvgIpc) is 2.92. The number of alkyl halides is 3. The fraction of sp³-hybridized carbons (Fsp3) is 0.278. The summed E-state index contributed by atoms with van der Waals surface area (Å²) in [5.41, 5.74) is -0.818. The first-order valence-corrected chi connectivity index (χ1v) is 8.88. The van der Waals surface area contributed by atoms with E-state index in [2.05, 4.69) is 9.97 Å². The van der Waals surface area contributed by atoms with Gasteiger partial charge in [-0.2, -0.15) is 13.2 Å². The summed E-state index contributed by atoms with van der Waals surface area (Å²) in [6.07, 6.45) is -4.69. The lowest BCUT2D eigenvalue weighted by molar-refractivity contribution is -0.138. The Kier molecular flexibility index (Phi) is 5.05. The number of fused-ring (bicyclic) bond motifs is 1. The number of aromatic amines is 1. The molecule has 0 aliphatic rings. The molecule has 5 nitrogen and oxygen atoms in total. The Labute approximate surface area is 155 Å². The molecule has 0 aliphatic carbocycles. The minimum atomic E-state index is -4.50. The zero-order valence-electron chi connectivity index (χ0n) is 14.4. The molecule has 0 spiro atoms. The van der Waals surface area contributed by atoms with Crippen molar-refractivity contribution in [3.8, 4) is 0 Å². The van der Waals surface area contributed by atoms with Gasteiger partial charge >= 0.3 is 12.1 Å². The number of esters is 1. The number of halogens is 3. The van der Waals surface area contributed by atoms with E-state index in [1.165, 1.54) is 18.2 Å². The van der Waals surface area contributed by atoms with Crippen LogP contribution in [0.5, 0.6) is 0 Å². The molecule has 1 aromatic carbocycles. The van der Waals surface area contributed by atoms with Crippen LogP contribution in [0, 0.1) is 6.92 Å². The minimum Gasteiger partial charge on any atom is -0.462 e. The zero-order valence-corrected chi connectivity index (χ0v) is 15.3. The van der Waals surface area contributed by atoms with Gasteiger partial charge in [-0.15, -0.1) is 11.3 Å². The summed E-state index contributed by atoms with van der Waals surface area (Å²) < 4.78 is 44.4. The molecule has 0 saturated heterocycles. The lowest BCUT2D eigenvalue weighted by atomic mass is 10.0. The van der Waals surface area contributed by atoms with E-state index in [1.54, 1.807) is 13.8 Å². The Morgan fingerprint density at radius 1 is 1.30 bits per heavy atom. The third-order valence-corrected chi connectivity index (χ3v) is 5.16. The maximum absolute atomic E-state index is 13.2. The highest BCUT2D eigenvalue weighted by Crippen LogP contribution is 2.33. The third kappa shape index (κ3) is 3.73. The largest absolute Gasteiger partial charge is 0.462 e. The Bertz CT molecular complexity index is 1070. The number of aryl methyl sites for hydroxylation is 1. The minimum absolute atomic E-state index is 0.00592. The van der Waals surface area contributed by atoms with Gasteiger partial charge in [0.2, 0.25) is 0 Å². The van der Waals surface area contributed by atoms with Gasteiger partial charge in [0.25, 0.3) is 5.56 Å². The van der Waals surface area contributed by atoms with Crippen LogP contribution in [0.3, 0.4) is 0 Å². The first-order chi connectivity index (χ1) is 12.7. The highest BCUT2D eigenvalue weighted by Gasteiger charge is 2.33. The van der Waals surface area contributed by atoms with Crippen LogP contribution in [0.2, 0.25) is 0 Å². The van der Waals surface area contributed by atoms with Crippen LogP contribution in [0.25, 0.3) is 10.2 Å². The molecule has 0 bridgehead atoms. The van der Waals surface area contributed by atoms with E-state index in [0.29, 0.717) is 10.4 Å². The number of nitrogens with zero attached hydrogens (tertiary/aromatic N) is 1. The standard InChI is InChI=1S/C18H15F3N2O3S/c1-3-26-17(25)14-9(2)13-15(24)22-12(23-16(13)27-14)8-10-6-4-5-7-11(10)18(19,20)21/h4-7H,3,8H2,1-2H3,(H,22,23,24). The average molecular weight is 396 g/mol. The number of carbonyl (C=O) groups is 1. The van der Waals surface area contributed by atoms with Crippen LogP contribution in [-0.2, 0) is 17.3 Å². The number of thiophene rings is 1. The van der Waals surface area contributed by atoms with Gasteiger partial charge in [-0.1, -0.05) is 18.2 Å². The molecule has 0 amide bonds. The van der Waals surface area contributed by atoms with Gasteiger partial charge in [-0.05, 0) is 31.0 Å². The molecule has 0 unspecified atom stereocenters. The van der Waals surface area contributed by atoms with Gasteiger partial charge < -0.3 is 9.72 Å². The van der Waals surface area contributed by atoms with E-state index in [9.17, 15) is 22.8 Å². The van der Waals surface area contributed by atoms with E-state index in [-0.39, 0.29) is 34.7 Å². The maximum Gasteiger partial charge on any atom is 0.416 e. The van der Waals surface area contributed by atoms with Crippen LogP contribution < -0.4 is 5.56 Å². The number of nitrogens with one attached hydrogen (secondary N) is 1. The zero-order chi connectivity index (χ0) is 19.8. The monoisotopic (exact) mass is 396 g/mol. The second-order valence-electron chi connectivity index (χ2n) is 5.80. The Morgan fingerprint density at radius 3 is 2.67 bits per heavy atom. The number of rotatable bonds is 4. The van der Waals surface area contributed by atoms with Gasteiger partial charge in [0.1, 0.15) is 15.5 Å². The maximum atomic E-state index is 13.2. The van der Waals surface area contributed by atoms with Crippen molar-refractivity contribution in [3.63, 3.8) is 0 Å². The lowest BCUT2D eigenvalue weighted by Gasteiger charge is -2.12. The number of hydrogen-bond donors (Lipinski definition) is 1. The van der Waals surface area contributed by atoms with Crippen LogP contribution >= 0.6 is 11.3 Å². The Balaban J connectivity index is 2.06. The third-order valence-electron chi connectivity index (χ3n) is 3.99.